The lowest BCUT2D eigenvalue weighted by Gasteiger charge is -2.03. The van der Waals surface area contributed by atoms with Crippen LogP contribution < -0.4 is 5.32 Å². The summed E-state index contributed by atoms with van der Waals surface area (Å²) in [5.74, 6) is 0. The molecule has 0 atom stereocenters. The standard InChI is InChI=1S/C14H17N3/c1-4-16-9-11-13(8-15)17(3)12-7-5-6-10(2)14(11)12/h5-7,16H,4,9H2,1-3H3. The van der Waals surface area contributed by atoms with Crippen molar-refractivity contribution in [3.05, 3.63) is 35.0 Å². The van der Waals surface area contributed by atoms with Gasteiger partial charge in [-0.05, 0) is 25.1 Å². The van der Waals surface area contributed by atoms with E-state index in [9.17, 15) is 5.26 Å². The molecule has 2 aromatic rings. The van der Waals surface area contributed by atoms with Crippen molar-refractivity contribution in [2.45, 2.75) is 20.4 Å². The summed E-state index contributed by atoms with van der Waals surface area (Å²) in [5.41, 5.74) is 4.24. The molecule has 1 heterocycles. The zero-order valence-electron chi connectivity index (χ0n) is 10.5. The lowest BCUT2D eigenvalue weighted by atomic mass is 10.1. The molecule has 0 aliphatic heterocycles. The van der Waals surface area contributed by atoms with Crippen LogP contribution in [0.1, 0.15) is 23.7 Å². The first kappa shape index (κ1) is 11.7. The molecule has 2 rings (SSSR count). The van der Waals surface area contributed by atoms with Crippen LogP contribution in [-0.2, 0) is 13.6 Å². The average Bonchev–Trinajstić information content (AvgIpc) is 2.61. The average molecular weight is 227 g/mol. The van der Waals surface area contributed by atoms with Crippen LogP contribution in [0.4, 0.5) is 0 Å². The van der Waals surface area contributed by atoms with Crippen LogP contribution in [-0.4, -0.2) is 11.1 Å². The van der Waals surface area contributed by atoms with E-state index in [1.807, 2.05) is 17.7 Å². The van der Waals surface area contributed by atoms with Gasteiger partial charge in [0.2, 0.25) is 0 Å². The lowest BCUT2D eigenvalue weighted by molar-refractivity contribution is 0.725. The molecule has 0 amide bonds. The zero-order chi connectivity index (χ0) is 12.4. The summed E-state index contributed by atoms with van der Waals surface area (Å²) in [6, 6.07) is 8.51. The van der Waals surface area contributed by atoms with Crippen molar-refractivity contribution in [2.24, 2.45) is 7.05 Å². The number of benzene rings is 1. The van der Waals surface area contributed by atoms with Crippen molar-refractivity contribution in [3.8, 4) is 6.07 Å². The SMILES string of the molecule is CCNCc1c(C#N)n(C)c2cccc(C)c12. The second kappa shape index (κ2) is 4.60. The smallest absolute Gasteiger partial charge is 0.125 e. The molecule has 0 aliphatic carbocycles. The third-order valence-corrected chi connectivity index (χ3v) is 3.19. The number of rotatable bonds is 3. The highest BCUT2D eigenvalue weighted by molar-refractivity contribution is 5.89. The van der Waals surface area contributed by atoms with Crippen molar-refractivity contribution in [1.82, 2.24) is 9.88 Å². The highest BCUT2D eigenvalue weighted by Crippen LogP contribution is 2.27. The van der Waals surface area contributed by atoms with Gasteiger partial charge < -0.3 is 9.88 Å². The van der Waals surface area contributed by atoms with Crippen LogP contribution in [0.15, 0.2) is 18.2 Å². The summed E-state index contributed by atoms with van der Waals surface area (Å²) < 4.78 is 1.98. The molecule has 0 aliphatic rings. The van der Waals surface area contributed by atoms with Gasteiger partial charge in [0.1, 0.15) is 11.8 Å². The Balaban J connectivity index is 2.74. The highest BCUT2D eigenvalue weighted by atomic mass is 15.0. The molecular formula is C14H17N3. The summed E-state index contributed by atoms with van der Waals surface area (Å²) in [6.45, 7) is 5.83. The van der Waals surface area contributed by atoms with Gasteiger partial charge in [-0.2, -0.15) is 5.26 Å². The Labute approximate surface area is 102 Å². The number of nitriles is 1. The summed E-state index contributed by atoms with van der Waals surface area (Å²) in [5, 5.41) is 13.8. The maximum Gasteiger partial charge on any atom is 0.125 e. The van der Waals surface area contributed by atoms with E-state index in [0.717, 1.165) is 29.9 Å². The van der Waals surface area contributed by atoms with E-state index >= 15 is 0 Å². The summed E-state index contributed by atoms with van der Waals surface area (Å²) >= 11 is 0. The van der Waals surface area contributed by atoms with Crippen molar-refractivity contribution < 1.29 is 0 Å². The van der Waals surface area contributed by atoms with E-state index in [4.69, 9.17) is 0 Å². The number of nitrogens with one attached hydrogen (secondary N) is 1. The molecule has 0 radical (unpaired) electrons. The van der Waals surface area contributed by atoms with Crippen LogP contribution in [0.2, 0.25) is 0 Å². The number of hydrogen-bond acceptors (Lipinski definition) is 2. The van der Waals surface area contributed by atoms with E-state index in [0.29, 0.717) is 0 Å². The number of aryl methyl sites for hydroxylation is 2. The fourth-order valence-corrected chi connectivity index (χ4v) is 2.33. The monoisotopic (exact) mass is 227 g/mol. The fourth-order valence-electron chi connectivity index (χ4n) is 2.33. The maximum atomic E-state index is 9.29. The Bertz CT molecular complexity index is 588. The second-order valence-electron chi connectivity index (χ2n) is 4.25. The van der Waals surface area contributed by atoms with Gasteiger partial charge in [0.05, 0.1) is 0 Å². The normalized spacial score (nSPS) is 10.7. The minimum atomic E-state index is 0.752. The summed E-state index contributed by atoms with van der Waals surface area (Å²) in [7, 11) is 1.95. The molecule has 3 heteroatoms. The molecule has 1 N–H and O–H groups in total. The predicted octanol–water partition coefficient (Wildman–Crippen LogP) is 2.47. The van der Waals surface area contributed by atoms with E-state index in [1.54, 1.807) is 0 Å². The van der Waals surface area contributed by atoms with E-state index in [2.05, 4.69) is 37.4 Å². The number of hydrogen-bond donors (Lipinski definition) is 1. The topological polar surface area (TPSA) is 40.8 Å². The number of aromatic nitrogens is 1. The molecule has 0 spiro atoms. The van der Waals surface area contributed by atoms with Crippen LogP contribution in [0.3, 0.4) is 0 Å². The van der Waals surface area contributed by atoms with Gasteiger partial charge in [-0.3, -0.25) is 0 Å². The molecule has 0 fully saturated rings. The largest absolute Gasteiger partial charge is 0.335 e. The third kappa shape index (κ3) is 1.81. The fraction of sp³-hybridized carbons (Fsp3) is 0.357. The van der Waals surface area contributed by atoms with Crippen molar-refractivity contribution in [1.29, 1.82) is 5.26 Å². The van der Waals surface area contributed by atoms with Gasteiger partial charge in [0.25, 0.3) is 0 Å². The van der Waals surface area contributed by atoms with E-state index < -0.39 is 0 Å². The van der Waals surface area contributed by atoms with Gasteiger partial charge >= 0.3 is 0 Å². The van der Waals surface area contributed by atoms with Gasteiger partial charge in [-0.25, -0.2) is 0 Å². The zero-order valence-corrected chi connectivity index (χ0v) is 10.5. The number of nitrogens with zero attached hydrogens (tertiary/aromatic N) is 2. The molecule has 17 heavy (non-hydrogen) atoms. The highest BCUT2D eigenvalue weighted by Gasteiger charge is 2.15. The first-order valence-electron chi connectivity index (χ1n) is 5.88. The molecule has 0 unspecified atom stereocenters. The van der Waals surface area contributed by atoms with Gasteiger partial charge in [-0.1, -0.05) is 19.1 Å². The minimum absolute atomic E-state index is 0.752. The Kier molecular flexibility index (Phi) is 3.16. The van der Waals surface area contributed by atoms with Crippen LogP contribution >= 0.6 is 0 Å². The maximum absolute atomic E-state index is 9.29. The molecule has 0 bridgehead atoms. The molecule has 0 saturated heterocycles. The molecular weight excluding hydrogens is 210 g/mol. The van der Waals surface area contributed by atoms with Gasteiger partial charge in [0, 0.05) is 30.1 Å². The molecule has 88 valence electrons. The number of fused-ring (bicyclic) bond motifs is 1. The second-order valence-corrected chi connectivity index (χ2v) is 4.25. The summed E-state index contributed by atoms with van der Waals surface area (Å²) in [6.07, 6.45) is 0. The van der Waals surface area contributed by atoms with Crippen LogP contribution in [0, 0.1) is 18.3 Å². The Morgan fingerprint density at radius 3 is 2.82 bits per heavy atom. The molecule has 3 nitrogen and oxygen atoms in total. The minimum Gasteiger partial charge on any atom is -0.335 e. The van der Waals surface area contributed by atoms with E-state index in [1.165, 1.54) is 10.9 Å². The Hall–Kier alpha value is -1.79. The van der Waals surface area contributed by atoms with Crippen molar-refractivity contribution in [2.75, 3.05) is 6.54 Å². The van der Waals surface area contributed by atoms with Crippen molar-refractivity contribution in [3.63, 3.8) is 0 Å². The lowest BCUT2D eigenvalue weighted by Crippen LogP contribution is -2.12. The first-order valence-corrected chi connectivity index (χ1v) is 5.88. The van der Waals surface area contributed by atoms with Gasteiger partial charge in [0.15, 0.2) is 0 Å². The predicted molar refractivity (Wildman–Crippen MR) is 69.8 cm³/mol. The molecule has 1 aromatic carbocycles. The summed E-state index contributed by atoms with van der Waals surface area (Å²) in [4.78, 5) is 0. The quantitative estimate of drug-likeness (QED) is 0.875. The van der Waals surface area contributed by atoms with Crippen LogP contribution in [0.25, 0.3) is 10.9 Å². The van der Waals surface area contributed by atoms with Crippen molar-refractivity contribution >= 4 is 10.9 Å². The Morgan fingerprint density at radius 1 is 1.41 bits per heavy atom. The van der Waals surface area contributed by atoms with Gasteiger partial charge in [-0.15, -0.1) is 0 Å². The van der Waals surface area contributed by atoms with Crippen LogP contribution in [0.5, 0.6) is 0 Å². The Morgan fingerprint density at radius 2 is 2.18 bits per heavy atom. The molecule has 1 aromatic heterocycles. The van der Waals surface area contributed by atoms with E-state index in [-0.39, 0.29) is 0 Å². The third-order valence-electron chi connectivity index (χ3n) is 3.19. The molecule has 0 saturated carbocycles. The first-order chi connectivity index (χ1) is 8.20.